The molecule has 7 heteroatoms. The number of rotatable bonds is 4. The van der Waals surface area contributed by atoms with E-state index < -0.39 is 0 Å². The van der Waals surface area contributed by atoms with Gasteiger partial charge in [0.15, 0.2) is 5.43 Å². The Balaban J connectivity index is 1.78. The number of fused-ring (bicyclic) bond motifs is 2. The van der Waals surface area contributed by atoms with E-state index >= 15 is 0 Å². The van der Waals surface area contributed by atoms with E-state index in [2.05, 4.69) is 15.5 Å². The Morgan fingerprint density at radius 3 is 2.23 bits per heavy atom. The summed E-state index contributed by atoms with van der Waals surface area (Å²) in [5.74, 6) is -0.206. The van der Waals surface area contributed by atoms with Gasteiger partial charge in [-0.05, 0) is 30.7 Å². The van der Waals surface area contributed by atoms with Crippen LogP contribution >= 0.6 is 11.3 Å². The average Bonchev–Trinajstić information content (AvgIpc) is 3.12. The van der Waals surface area contributed by atoms with E-state index in [1.807, 2.05) is 47.9 Å². The standard InChI is InChI=1S/C19H16N4O2S/c1-2-17-21-22-19(26-17)20-16(24)11-23-14-9-5-3-7-12(14)18(25)13-8-4-6-10-15(13)23/h3-10H,2,11H2,1H3,(H,20,22,24). The number of anilines is 1. The second-order valence-corrected chi connectivity index (χ2v) is 6.91. The topological polar surface area (TPSA) is 76.9 Å². The van der Waals surface area contributed by atoms with Gasteiger partial charge in [0.25, 0.3) is 0 Å². The van der Waals surface area contributed by atoms with Gasteiger partial charge in [-0.2, -0.15) is 0 Å². The maximum atomic E-state index is 12.7. The van der Waals surface area contributed by atoms with Crippen LogP contribution in [0, 0.1) is 0 Å². The first kappa shape index (κ1) is 16.4. The van der Waals surface area contributed by atoms with Gasteiger partial charge in [0, 0.05) is 10.8 Å². The number of pyridine rings is 1. The largest absolute Gasteiger partial charge is 0.331 e. The van der Waals surface area contributed by atoms with Gasteiger partial charge in [-0.3, -0.25) is 14.9 Å². The molecule has 0 saturated carbocycles. The molecule has 1 amide bonds. The van der Waals surface area contributed by atoms with E-state index in [9.17, 15) is 9.59 Å². The van der Waals surface area contributed by atoms with Gasteiger partial charge in [0.1, 0.15) is 11.6 Å². The Hall–Kier alpha value is -3.06. The Labute approximate surface area is 153 Å². The number of nitrogens with one attached hydrogen (secondary N) is 1. The van der Waals surface area contributed by atoms with Gasteiger partial charge in [0.05, 0.1) is 11.0 Å². The highest BCUT2D eigenvalue weighted by Crippen LogP contribution is 2.20. The summed E-state index contributed by atoms with van der Waals surface area (Å²) in [6.45, 7) is 2.08. The highest BCUT2D eigenvalue weighted by atomic mass is 32.1. The van der Waals surface area contributed by atoms with Crippen molar-refractivity contribution in [1.82, 2.24) is 14.8 Å². The number of benzene rings is 2. The molecule has 0 radical (unpaired) electrons. The fraction of sp³-hybridized carbons (Fsp3) is 0.158. The van der Waals surface area contributed by atoms with Gasteiger partial charge < -0.3 is 4.57 Å². The van der Waals surface area contributed by atoms with Crippen molar-refractivity contribution in [3.63, 3.8) is 0 Å². The molecule has 2 aromatic heterocycles. The fourth-order valence-electron chi connectivity index (χ4n) is 3.00. The summed E-state index contributed by atoms with van der Waals surface area (Å²) in [6.07, 6.45) is 0.780. The zero-order chi connectivity index (χ0) is 18.1. The lowest BCUT2D eigenvalue weighted by molar-refractivity contribution is -0.116. The molecule has 0 atom stereocenters. The number of carbonyl (C=O) groups is 1. The summed E-state index contributed by atoms with van der Waals surface area (Å²) in [7, 11) is 0. The van der Waals surface area contributed by atoms with Crippen LogP contribution in [0.4, 0.5) is 5.13 Å². The number of hydrogen-bond donors (Lipinski definition) is 1. The van der Waals surface area contributed by atoms with Crippen LogP contribution in [0.5, 0.6) is 0 Å². The first-order chi connectivity index (χ1) is 12.7. The molecule has 0 spiro atoms. The number of hydrogen-bond acceptors (Lipinski definition) is 5. The molecule has 0 aliphatic rings. The maximum Gasteiger partial charge on any atom is 0.246 e. The highest BCUT2D eigenvalue weighted by molar-refractivity contribution is 7.15. The molecular formula is C19H16N4O2S. The van der Waals surface area contributed by atoms with Crippen LogP contribution in [-0.2, 0) is 17.8 Å². The van der Waals surface area contributed by atoms with Crippen LogP contribution in [-0.4, -0.2) is 20.7 Å². The summed E-state index contributed by atoms with van der Waals surface area (Å²) in [5.41, 5.74) is 1.44. The number of aryl methyl sites for hydroxylation is 1. The van der Waals surface area contributed by atoms with E-state index in [4.69, 9.17) is 0 Å². The molecule has 0 bridgehead atoms. The van der Waals surface area contributed by atoms with Crippen molar-refractivity contribution < 1.29 is 4.79 Å². The van der Waals surface area contributed by atoms with Crippen LogP contribution in [0.3, 0.4) is 0 Å². The first-order valence-electron chi connectivity index (χ1n) is 8.30. The molecule has 0 aliphatic carbocycles. The molecule has 0 aliphatic heterocycles. The monoisotopic (exact) mass is 364 g/mol. The zero-order valence-corrected chi connectivity index (χ0v) is 14.9. The predicted molar refractivity (Wildman–Crippen MR) is 104 cm³/mol. The highest BCUT2D eigenvalue weighted by Gasteiger charge is 2.14. The summed E-state index contributed by atoms with van der Waals surface area (Å²) < 4.78 is 1.86. The van der Waals surface area contributed by atoms with E-state index in [-0.39, 0.29) is 17.9 Å². The molecule has 0 saturated heterocycles. The number of nitrogens with zero attached hydrogens (tertiary/aromatic N) is 3. The third-order valence-corrected chi connectivity index (χ3v) is 5.18. The quantitative estimate of drug-likeness (QED) is 0.564. The van der Waals surface area contributed by atoms with Crippen molar-refractivity contribution in [3.8, 4) is 0 Å². The Bertz CT molecular complexity index is 1120. The van der Waals surface area contributed by atoms with Crippen molar-refractivity contribution in [2.75, 3.05) is 5.32 Å². The molecule has 2 aromatic carbocycles. The molecule has 6 nitrogen and oxygen atoms in total. The van der Waals surface area contributed by atoms with Crippen molar-refractivity contribution in [3.05, 3.63) is 63.8 Å². The first-order valence-corrected chi connectivity index (χ1v) is 9.11. The molecule has 26 heavy (non-hydrogen) atoms. The van der Waals surface area contributed by atoms with E-state index in [1.54, 1.807) is 12.1 Å². The molecular weight excluding hydrogens is 348 g/mol. The van der Waals surface area contributed by atoms with Crippen LogP contribution in [0.2, 0.25) is 0 Å². The number of amides is 1. The van der Waals surface area contributed by atoms with Gasteiger partial charge in [0.2, 0.25) is 11.0 Å². The zero-order valence-electron chi connectivity index (χ0n) is 14.1. The minimum absolute atomic E-state index is 0.0235. The second-order valence-electron chi connectivity index (χ2n) is 5.85. The lowest BCUT2D eigenvalue weighted by Gasteiger charge is -2.14. The lowest BCUT2D eigenvalue weighted by Crippen LogP contribution is -2.21. The lowest BCUT2D eigenvalue weighted by atomic mass is 10.1. The molecule has 4 rings (SSSR count). The SMILES string of the molecule is CCc1nnc(NC(=O)Cn2c3ccccc3c(=O)c3ccccc32)s1. The summed E-state index contributed by atoms with van der Waals surface area (Å²) in [4.78, 5) is 25.3. The molecule has 1 N–H and O–H groups in total. The Kier molecular flexibility index (Phi) is 4.22. The van der Waals surface area contributed by atoms with Crippen molar-refractivity contribution in [2.24, 2.45) is 0 Å². The maximum absolute atomic E-state index is 12.7. The number of carbonyl (C=O) groups excluding carboxylic acids is 1. The fourth-order valence-corrected chi connectivity index (χ4v) is 3.69. The van der Waals surface area contributed by atoms with Crippen molar-refractivity contribution in [2.45, 2.75) is 19.9 Å². The van der Waals surface area contributed by atoms with Crippen molar-refractivity contribution in [1.29, 1.82) is 0 Å². The molecule has 2 heterocycles. The minimum atomic E-state index is -0.206. The van der Waals surface area contributed by atoms with Gasteiger partial charge in [-0.25, -0.2) is 0 Å². The van der Waals surface area contributed by atoms with Crippen LogP contribution in [0.1, 0.15) is 11.9 Å². The Morgan fingerprint density at radius 2 is 1.65 bits per heavy atom. The average molecular weight is 364 g/mol. The van der Waals surface area contributed by atoms with Crippen LogP contribution < -0.4 is 10.7 Å². The normalized spacial score (nSPS) is 11.1. The molecule has 130 valence electrons. The minimum Gasteiger partial charge on any atom is -0.331 e. The van der Waals surface area contributed by atoms with E-state index in [0.29, 0.717) is 15.9 Å². The number of aromatic nitrogens is 3. The second kappa shape index (κ2) is 6.68. The van der Waals surface area contributed by atoms with E-state index in [0.717, 1.165) is 22.5 Å². The number of para-hydroxylation sites is 2. The molecule has 0 unspecified atom stereocenters. The van der Waals surface area contributed by atoms with Crippen LogP contribution in [0.25, 0.3) is 21.8 Å². The summed E-state index contributed by atoms with van der Waals surface area (Å²) >= 11 is 1.37. The Morgan fingerprint density at radius 1 is 1.04 bits per heavy atom. The predicted octanol–water partition coefficient (Wildman–Crippen LogP) is 3.21. The summed E-state index contributed by atoms with van der Waals surface area (Å²) in [5, 5.41) is 13.4. The third-order valence-electron chi connectivity index (χ3n) is 4.20. The van der Waals surface area contributed by atoms with Gasteiger partial charge >= 0.3 is 0 Å². The van der Waals surface area contributed by atoms with E-state index in [1.165, 1.54) is 11.3 Å². The molecule has 0 fully saturated rings. The summed E-state index contributed by atoms with van der Waals surface area (Å²) in [6, 6.07) is 14.7. The van der Waals surface area contributed by atoms with Crippen LogP contribution in [0.15, 0.2) is 53.3 Å². The molecule has 4 aromatic rings. The van der Waals surface area contributed by atoms with Crippen molar-refractivity contribution >= 4 is 44.2 Å². The van der Waals surface area contributed by atoms with Gasteiger partial charge in [-0.15, -0.1) is 10.2 Å². The smallest absolute Gasteiger partial charge is 0.246 e. The third kappa shape index (κ3) is 2.86. The van der Waals surface area contributed by atoms with Gasteiger partial charge in [-0.1, -0.05) is 42.5 Å².